The van der Waals surface area contributed by atoms with Crippen LogP contribution in [0.25, 0.3) is 22.4 Å². The van der Waals surface area contributed by atoms with Crippen LogP contribution in [-0.2, 0) is 11.3 Å². The second kappa shape index (κ2) is 7.46. The minimum Gasteiger partial charge on any atom is -0.376 e. The number of hydrogen-bond acceptors (Lipinski definition) is 4. The highest BCUT2D eigenvalue weighted by molar-refractivity contribution is 5.80. The van der Waals surface area contributed by atoms with Gasteiger partial charge < -0.3 is 14.2 Å². The number of aromatic nitrogens is 3. The molecule has 0 amide bonds. The van der Waals surface area contributed by atoms with Crippen LogP contribution >= 0.6 is 0 Å². The van der Waals surface area contributed by atoms with Crippen molar-refractivity contribution in [2.24, 2.45) is 0 Å². The molecule has 1 saturated heterocycles. The number of pyridine rings is 1. The van der Waals surface area contributed by atoms with Crippen LogP contribution in [-0.4, -0.2) is 40.3 Å². The van der Waals surface area contributed by atoms with Crippen molar-refractivity contribution >= 4 is 16.9 Å². The van der Waals surface area contributed by atoms with E-state index in [2.05, 4.69) is 58.6 Å². The van der Waals surface area contributed by atoms with E-state index in [1.807, 2.05) is 12.3 Å². The first-order chi connectivity index (χ1) is 12.8. The summed E-state index contributed by atoms with van der Waals surface area (Å²) >= 11 is 0. The standard InChI is InChI=1S/C21H26N4O/c1-3-24(4-2)20-12-11-16(14-22-20)21-23-18-9-5-6-10-19(18)25(21)15-17-8-7-13-26-17/h5-6,9-12,14,17H,3-4,7-8,13,15H2,1-2H3. The average molecular weight is 350 g/mol. The molecular weight excluding hydrogens is 324 g/mol. The molecule has 4 rings (SSSR count). The molecule has 1 unspecified atom stereocenters. The van der Waals surface area contributed by atoms with Crippen LogP contribution in [0.2, 0.25) is 0 Å². The summed E-state index contributed by atoms with van der Waals surface area (Å²) in [7, 11) is 0. The van der Waals surface area contributed by atoms with Gasteiger partial charge in [0.1, 0.15) is 11.6 Å². The normalized spacial score (nSPS) is 17.1. The summed E-state index contributed by atoms with van der Waals surface area (Å²) in [6, 6.07) is 12.5. The van der Waals surface area contributed by atoms with Crippen LogP contribution in [0, 0.1) is 0 Å². The lowest BCUT2D eigenvalue weighted by Gasteiger charge is -2.20. The Labute approximate surface area is 154 Å². The van der Waals surface area contributed by atoms with Crippen molar-refractivity contribution in [1.29, 1.82) is 0 Å². The van der Waals surface area contributed by atoms with Crippen molar-refractivity contribution in [3.8, 4) is 11.4 Å². The molecule has 0 bridgehead atoms. The van der Waals surface area contributed by atoms with Gasteiger partial charge in [-0.1, -0.05) is 12.1 Å². The number of para-hydroxylation sites is 2. The summed E-state index contributed by atoms with van der Waals surface area (Å²) < 4.78 is 8.17. The number of benzene rings is 1. The van der Waals surface area contributed by atoms with Crippen molar-refractivity contribution in [3.05, 3.63) is 42.6 Å². The molecular formula is C21H26N4O. The number of hydrogen-bond donors (Lipinski definition) is 0. The number of ether oxygens (including phenoxy) is 1. The van der Waals surface area contributed by atoms with Gasteiger partial charge in [0.2, 0.25) is 0 Å². The van der Waals surface area contributed by atoms with Crippen molar-refractivity contribution < 1.29 is 4.74 Å². The molecule has 1 aromatic carbocycles. The van der Waals surface area contributed by atoms with E-state index in [1.54, 1.807) is 0 Å². The van der Waals surface area contributed by atoms with Gasteiger partial charge in [0.05, 0.1) is 23.7 Å². The number of fused-ring (bicyclic) bond motifs is 1. The highest BCUT2D eigenvalue weighted by atomic mass is 16.5. The Hall–Kier alpha value is -2.40. The zero-order valence-corrected chi connectivity index (χ0v) is 15.6. The van der Waals surface area contributed by atoms with E-state index < -0.39 is 0 Å². The first kappa shape index (κ1) is 17.0. The predicted molar refractivity (Wildman–Crippen MR) is 105 cm³/mol. The first-order valence-electron chi connectivity index (χ1n) is 9.58. The Bertz CT molecular complexity index is 861. The Morgan fingerprint density at radius 1 is 1.15 bits per heavy atom. The van der Waals surface area contributed by atoms with Gasteiger partial charge in [-0.25, -0.2) is 9.97 Å². The minimum absolute atomic E-state index is 0.272. The average Bonchev–Trinajstić information content (AvgIpc) is 3.32. The third kappa shape index (κ3) is 3.19. The van der Waals surface area contributed by atoms with Gasteiger partial charge in [0.15, 0.2) is 0 Å². The monoisotopic (exact) mass is 350 g/mol. The largest absolute Gasteiger partial charge is 0.376 e. The molecule has 0 radical (unpaired) electrons. The van der Waals surface area contributed by atoms with Gasteiger partial charge in [-0.15, -0.1) is 0 Å². The molecule has 0 aliphatic carbocycles. The molecule has 2 aromatic heterocycles. The van der Waals surface area contributed by atoms with E-state index in [0.29, 0.717) is 0 Å². The third-order valence-electron chi connectivity index (χ3n) is 5.16. The lowest BCUT2D eigenvalue weighted by Crippen LogP contribution is -2.22. The Balaban J connectivity index is 1.73. The van der Waals surface area contributed by atoms with Crippen LogP contribution in [0.3, 0.4) is 0 Å². The predicted octanol–water partition coefficient (Wildman–Crippen LogP) is 4.12. The van der Waals surface area contributed by atoms with E-state index in [9.17, 15) is 0 Å². The van der Waals surface area contributed by atoms with Crippen molar-refractivity contribution in [3.63, 3.8) is 0 Å². The zero-order chi connectivity index (χ0) is 17.9. The molecule has 0 spiro atoms. The third-order valence-corrected chi connectivity index (χ3v) is 5.16. The van der Waals surface area contributed by atoms with E-state index >= 15 is 0 Å². The molecule has 1 aliphatic rings. The molecule has 26 heavy (non-hydrogen) atoms. The van der Waals surface area contributed by atoms with E-state index in [4.69, 9.17) is 9.72 Å². The quantitative estimate of drug-likeness (QED) is 0.671. The molecule has 0 saturated carbocycles. The Morgan fingerprint density at radius 2 is 2.00 bits per heavy atom. The summed E-state index contributed by atoms with van der Waals surface area (Å²) in [6.07, 6.45) is 4.48. The zero-order valence-electron chi connectivity index (χ0n) is 15.6. The van der Waals surface area contributed by atoms with Crippen molar-refractivity contribution in [1.82, 2.24) is 14.5 Å². The molecule has 1 fully saturated rings. The Kier molecular flexibility index (Phi) is 4.89. The van der Waals surface area contributed by atoms with Crippen LogP contribution in [0.1, 0.15) is 26.7 Å². The van der Waals surface area contributed by atoms with Crippen LogP contribution in [0.4, 0.5) is 5.82 Å². The molecule has 5 heteroatoms. The summed E-state index contributed by atoms with van der Waals surface area (Å²) in [6.45, 7) is 7.93. The molecule has 5 nitrogen and oxygen atoms in total. The second-order valence-corrected chi connectivity index (χ2v) is 6.75. The number of nitrogens with zero attached hydrogens (tertiary/aromatic N) is 4. The Morgan fingerprint density at radius 3 is 2.69 bits per heavy atom. The first-order valence-corrected chi connectivity index (χ1v) is 9.58. The maximum absolute atomic E-state index is 5.87. The van der Waals surface area contributed by atoms with Gasteiger partial charge in [0.25, 0.3) is 0 Å². The van der Waals surface area contributed by atoms with Crippen LogP contribution in [0.5, 0.6) is 0 Å². The molecule has 1 atom stereocenters. The highest BCUT2D eigenvalue weighted by Crippen LogP contribution is 2.27. The topological polar surface area (TPSA) is 43.2 Å². The van der Waals surface area contributed by atoms with E-state index in [0.717, 1.165) is 67.3 Å². The van der Waals surface area contributed by atoms with E-state index in [1.165, 1.54) is 0 Å². The van der Waals surface area contributed by atoms with Gasteiger partial charge in [-0.05, 0) is 51.0 Å². The SMILES string of the molecule is CCN(CC)c1ccc(-c2nc3ccccc3n2CC2CCCO2)cn1. The number of anilines is 1. The summed E-state index contributed by atoms with van der Waals surface area (Å²) in [5.74, 6) is 1.99. The molecule has 0 N–H and O–H groups in total. The smallest absolute Gasteiger partial charge is 0.142 e. The molecule has 136 valence electrons. The van der Waals surface area contributed by atoms with Crippen molar-refractivity contribution in [2.45, 2.75) is 39.3 Å². The maximum Gasteiger partial charge on any atom is 0.142 e. The maximum atomic E-state index is 5.87. The fraction of sp³-hybridized carbons (Fsp3) is 0.429. The molecule has 3 heterocycles. The molecule has 3 aromatic rings. The van der Waals surface area contributed by atoms with Crippen molar-refractivity contribution in [2.75, 3.05) is 24.6 Å². The number of imidazole rings is 1. The fourth-order valence-corrected chi connectivity index (χ4v) is 3.73. The van der Waals surface area contributed by atoms with Crippen LogP contribution < -0.4 is 4.90 Å². The van der Waals surface area contributed by atoms with Gasteiger partial charge >= 0.3 is 0 Å². The summed E-state index contributed by atoms with van der Waals surface area (Å²) in [5.41, 5.74) is 3.23. The van der Waals surface area contributed by atoms with E-state index in [-0.39, 0.29) is 6.10 Å². The minimum atomic E-state index is 0.272. The van der Waals surface area contributed by atoms with Gasteiger partial charge in [-0.3, -0.25) is 0 Å². The highest BCUT2D eigenvalue weighted by Gasteiger charge is 2.20. The summed E-state index contributed by atoms with van der Waals surface area (Å²) in [4.78, 5) is 11.8. The second-order valence-electron chi connectivity index (χ2n) is 6.75. The summed E-state index contributed by atoms with van der Waals surface area (Å²) in [5, 5.41) is 0. The molecule has 1 aliphatic heterocycles. The van der Waals surface area contributed by atoms with Gasteiger partial charge in [0, 0.05) is 31.5 Å². The van der Waals surface area contributed by atoms with Gasteiger partial charge in [-0.2, -0.15) is 0 Å². The lowest BCUT2D eigenvalue weighted by molar-refractivity contribution is 0.0982. The lowest BCUT2D eigenvalue weighted by atomic mass is 10.2. The fourth-order valence-electron chi connectivity index (χ4n) is 3.73. The number of rotatable bonds is 6. The van der Waals surface area contributed by atoms with Crippen LogP contribution in [0.15, 0.2) is 42.6 Å².